The second-order valence-electron chi connectivity index (χ2n) is 8.55. The number of hydrogen-bond acceptors (Lipinski definition) is 8. The van der Waals surface area contributed by atoms with Gasteiger partial charge in [-0.05, 0) is 24.6 Å². The summed E-state index contributed by atoms with van der Waals surface area (Å²) in [6.45, 7) is 2.04. The highest BCUT2D eigenvalue weighted by Gasteiger charge is 2.36. The quantitative estimate of drug-likeness (QED) is 0.387. The van der Waals surface area contributed by atoms with E-state index < -0.39 is 11.8 Å². The summed E-state index contributed by atoms with van der Waals surface area (Å²) < 4.78 is 0. The number of para-hydroxylation sites is 1. The first kappa shape index (κ1) is 21.0. The van der Waals surface area contributed by atoms with Crippen LogP contribution in [0.2, 0.25) is 0 Å². The summed E-state index contributed by atoms with van der Waals surface area (Å²) in [6.07, 6.45) is 1.77. The number of aliphatic hydroxyl groups is 1. The van der Waals surface area contributed by atoms with Crippen molar-refractivity contribution in [3.05, 3.63) is 53.2 Å². The first-order chi connectivity index (χ1) is 16.5. The Balaban J connectivity index is 1.57. The molecule has 172 valence electrons. The smallest absolute Gasteiger partial charge is 0.261 e. The highest BCUT2D eigenvalue weighted by molar-refractivity contribution is 7.16. The molecule has 1 atom stereocenters. The number of carbonyl (C=O) groups excluding carboxylic acids is 2. The molecule has 2 amide bonds. The number of aromatic nitrogens is 3. The van der Waals surface area contributed by atoms with Crippen molar-refractivity contribution in [3.8, 4) is 0 Å². The van der Waals surface area contributed by atoms with Crippen molar-refractivity contribution in [2.75, 3.05) is 38.2 Å². The van der Waals surface area contributed by atoms with Crippen LogP contribution in [0.3, 0.4) is 0 Å². The molecular formula is C24H22N6O3S. The molecule has 34 heavy (non-hydrogen) atoms. The monoisotopic (exact) mass is 474 g/mol. The molecule has 3 N–H and O–H groups in total. The lowest BCUT2D eigenvalue weighted by molar-refractivity contribution is -0.122. The Labute approximate surface area is 198 Å². The van der Waals surface area contributed by atoms with Crippen LogP contribution in [-0.2, 0) is 9.59 Å². The summed E-state index contributed by atoms with van der Waals surface area (Å²) in [5, 5.41) is 15.8. The van der Waals surface area contributed by atoms with E-state index in [1.54, 1.807) is 17.5 Å². The maximum Gasteiger partial charge on any atom is 0.261 e. The summed E-state index contributed by atoms with van der Waals surface area (Å²) in [7, 11) is 1.98. The fraction of sp³-hybridized carbons (Fsp3) is 0.250. The Morgan fingerprint density at radius 3 is 2.76 bits per heavy atom. The number of nitrogens with one attached hydrogen (secondary N) is 2. The van der Waals surface area contributed by atoms with Gasteiger partial charge < -0.3 is 15.0 Å². The van der Waals surface area contributed by atoms with Crippen molar-refractivity contribution >= 4 is 61.4 Å². The van der Waals surface area contributed by atoms with Crippen molar-refractivity contribution in [1.29, 1.82) is 0 Å². The fourth-order valence-electron chi connectivity index (χ4n) is 4.71. The third-order valence-corrected chi connectivity index (χ3v) is 7.45. The van der Waals surface area contributed by atoms with Crippen LogP contribution in [0.1, 0.15) is 11.3 Å². The second kappa shape index (κ2) is 8.01. The number of fused-ring (bicyclic) bond motifs is 2. The number of aliphatic hydroxyl groups excluding tert-OH is 1. The molecular weight excluding hydrogens is 452 g/mol. The number of carbonyl (C=O) groups is 2. The Morgan fingerprint density at radius 2 is 1.91 bits per heavy atom. The summed E-state index contributed by atoms with van der Waals surface area (Å²) in [5.74, 6) is -0.420. The predicted molar refractivity (Wildman–Crippen MR) is 131 cm³/mol. The van der Waals surface area contributed by atoms with E-state index in [4.69, 9.17) is 9.97 Å². The van der Waals surface area contributed by atoms with Crippen LogP contribution in [0, 0.1) is 0 Å². The zero-order chi connectivity index (χ0) is 23.4. The Hall–Kier alpha value is -3.60. The molecule has 1 aromatic carbocycles. The standard InChI is InChI=1S/C24H22N6O3S/c1-29-7-8-30(11-13(29)12-31)24-26-17-5-3-2-4-15(17)20(27-24)19-18(21(32)28-22(19)33)16-10-25-23-14(16)6-9-34-23/h2-6,9-10,13,25,31H,7-8,11-12H2,1H3,(H,28,32,33). The van der Waals surface area contributed by atoms with Crippen LogP contribution in [-0.4, -0.2) is 76.1 Å². The van der Waals surface area contributed by atoms with Gasteiger partial charge in [0.1, 0.15) is 4.83 Å². The lowest BCUT2D eigenvalue weighted by Gasteiger charge is -2.38. The maximum atomic E-state index is 13.1. The zero-order valence-electron chi connectivity index (χ0n) is 18.4. The summed E-state index contributed by atoms with van der Waals surface area (Å²) in [4.78, 5) is 44.0. The minimum atomic E-state index is -0.467. The molecule has 0 aliphatic carbocycles. The second-order valence-corrected chi connectivity index (χ2v) is 9.47. The van der Waals surface area contributed by atoms with Gasteiger partial charge in [0.15, 0.2) is 0 Å². The molecule has 5 heterocycles. The predicted octanol–water partition coefficient (Wildman–Crippen LogP) is 1.85. The van der Waals surface area contributed by atoms with Crippen molar-refractivity contribution in [2.24, 2.45) is 0 Å². The van der Waals surface area contributed by atoms with Crippen molar-refractivity contribution < 1.29 is 14.7 Å². The van der Waals surface area contributed by atoms with Crippen LogP contribution in [0.15, 0.2) is 41.9 Å². The summed E-state index contributed by atoms with van der Waals surface area (Å²) in [6, 6.07) is 9.41. The van der Waals surface area contributed by atoms with E-state index in [0.29, 0.717) is 46.8 Å². The molecule has 1 saturated heterocycles. The third-order valence-electron chi connectivity index (χ3n) is 6.60. The van der Waals surface area contributed by atoms with E-state index in [2.05, 4.69) is 15.2 Å². The number of benzene rings is 1. The third kappa shape index (κ3) is 3.22. The maximum absolute atomic E-state index is 13.1. The number of likely N-dealkylation sites (N-methyl/N-ethyl adjacent to an activating group) is 1. The molecule has 9 nitrogen and oxygen atoms in total. The Morgan fingerprint density at radius 1 is 1.09 bits per heavy atom. The van der Waals surface area contributed by atoms with E-state index in [1.807, 2.05) is 47.7 Å². The van der Waals surface area contributed by atoms with Crippen LogP contribution >= 0.6 is 11.3 Å². The van der Waals surface area contributed by atoms with Crippen LogP contribution in [0.4, 0.5) is 5.95 Å². The Bertz CT molecular complexity index is 1490. The first-order valence-electron chi connectivity index (χ1n) is 11.0. The molecule has 6 rings (SSSR count). The highest BCUT2D eigenvalue weighted by atomic mass is 32.1. The molecule has 0 bridgehead atoms. The van der Waals surface area contributed by atoms with Gasteiger partial charge in [0.25, 0.3) is 11.8 Å². The fourth-order valence-corrected chi connectivity index (χ4v) is 5.49. The number of rotatable bonds is 4. The van der Waals surface area contributed by atoms with Gasteiger partial charge in [-0.1, -0.05) is 18.2 Å². The number of piperazine rings is 1. The molecule has 1 unspecified atom stereocenters. The summed E-state index contributed by atoms with van der Waals surface area (Å²) in [5.41, 5.74) is 2.37. The zero-order valence-corrected chi connectivity index (χ0v) is 19.2. The number of H-pyrrole nitrogens is 1. The topological polar surface area (TPSA) is 114 Å². The van der Waals surface area contributed by atoms with Gasteiger partial charge in [-0.15, -0.1) is 11.3 Å². The highest BCUT2D eigenvalue weighted by Crippen LogP contribution is 2.38. The minimum Gasteiger partial charge on any atom is -0.395 e. The van der Waals surface area contributed by atoms with Gasteiger partial charge in [0.05, 0.1) is 35.0 Å². The molecule has 2 aliphatic heterocycles. The molecule has 4 aromatic rings. The number of thiophene rings is 1. The van der Waals surface area contributed by atoms with Crippen molar-refractivity contribution in [1.82, 2.24) is 25.2 Å². The van der Waals surface area contributed by atoms with Gasteiger partial charge in [0, 0.05) is 42.2 Å². The van der Waals surface area contributed by atoms with E-state index in [0.717, 1.165) is 16.8 Å². The molecule has 0 saturated carbocycles. The normalized spacial score (nSPS) is 19.6. The number of anilines is 1. The SMILES string of the molecule is CN1CCN(c2nc(C3=C(c4c[nH]c5sccc45)C(=O)NC3=O)c3ccccc3n2)CC1CO. The molecule has 2 aliphatic rings. The minimum absolute atomic E-state index is 0.0315. The average molecular weight is 475 g/mol. The van der Waals surface area contributed by atoms with E-state index >= 15 is 0 Å². The molecule has 0 spiro atoms. The lowest BCUT2D eigenvalue weighted by Crippen LogP contribution is -2.53. The Kier molecular flexibility index (Phi) is 4.94. The van der Waals surface area contributed by atoms with E-state index in [9.17, 15) is 14.7 Å². The van der Waals surface area contributed by atoms with Crippen molar-refractivity contribution in [3.63, 3.8) is 0 Å². The van der Waals surface area contributed by atoms with Crippen LogP contribution in [0.5, 0.6) is 0 Å². The van der Waals surface area contributed by atoms with Crippen LogP contribution < -0.4 is 10.2 Å². The number of amides is 2. The van der Waals surface area contributed by atoms with Crippen molar-refractivity contribution in [2.45, 2.75) is 6.04 Å². The van der Waals surface area contributed by atoms with Gasteiger partial charge in [0.2, 0.25) is 5.95 Å². The number of hydrogen-bond donors (Lipinski definition) is 3. The average Bonchev–Trinajstić information content (AvgIpc) is 3.53. The lowest BCUT2D eigenvalue weighted by atomic mass is 9.97. The molecule has 3 aromatic heterocycles. The summed E-state index contributed by atoms with van der Waals surface area (Å²) >= 11 is 1.54. The van der Waals surface area contributed by atoms with Gasteiger partial charge in [-0.2, -0.15) is 0 Å². The molecule has 1 fully saturated rings. The van der Waals surface area contributed by atoms with E-state index in [1.165, 1.54) is 0 Å². The largest absolute Gasteiger partial charge is 0.395 e. The first-order valence-corrected chi connectivity index (χ1v) is 11.9. The number of nitrogens with zero attached hydrogens (tertiary/aromatic N) is 4. The number of aromatic amines is 1. The van der Waals surface area contributed by atoms with E-state index in [-0.39, 0.29) is 18.2 Å². The van der Waals surface area contributed by atoms with Gasteiger partial charge >= 0.3 is 0 Å². The molecule has 10 heteroatoms. The van der Waals surface area contributed by atoms with Gasteiger partial charge in [-0.25, -0.2) is 9.97 Å². The number of imide groups is 1. The van der Waals surface area contributed by atoms with Gasteiger partial charge in [-0.3, -0.25) is 19.8 Å². The molecule has 0 radical (unpaired) electrons. The van der Waals surface area contributed by atoms with Crippen LogP contribution in [0.25, 0.3) is 32.3 Å².